The number of nitrogens with zero attached hydrogens (tertiary/aromatic N) is 4. The van der Waals surface area contributed by atoms with Crippen LogP contribution in [0.4, 0.5) is 5.82 Å². The molecule has 1 aromatic rings. The maximum absolute atomic E-state index is 5.80. The predicted molar refractivity (Wildman–Crippen MR) is 79.3 cm³/mol. The fourth-order valence-electron chi connectivity index (χ4n) is 3.21. The molecular weight excluding hydrogens is 258 g/mol. The third kappa shape index (κ3) is 2.30. The zero-order chi connectivity index (χ0) is 13.4. The molecule has 2 unspecified atom stereocenters. The number of anilines is 1. The van der Waals surface area contributed by atoms with Crippen LogP contribution in [0.5, 0.6) is 0 Å². The Morgan fingerprint density at radius 1 is 1.47 bits per heavy atom. The maximum Gasteiger partial charge on any atom is 0.161 e. The van der Waals surface area contributed by atoms with Crippen LogP contribution in [0.15, 0.2) is 12.3 Å². The summed E-state index contributed by atoms with van der Waals surface area (Å²) < 4.78 is 0. The molecule has 0 spiro atoms. The van der Waals surface area contributed by atoms with E-state index in [0.717, 1.165) is 24.5 Å². The number of piperazine rings is 1. The van der Waals surface area contributed by atoms with Crippen LogP contribution in [0.25, 0.3) is 0 Å². The van der Waals surface area contributed by atoms with Gasteiger partial charge in [0.25, 0.3) is 0 Å². The fraction of sp³-hybridized carbons (Fsp3) is 0.615. The molecule has 0 aromatic carbocycles. The van der Waals surface area contributed by atoms with Gasteiger partial charge in [0.15, 0.2) is 5.82 Å². The summed E-state index contributed by atoms with van der Waals surface area (Å²) in [7, 11) is 0. The summed E-state index contributed by atoms with van der Waals surface area (Å²) in [5.41, 5.74) is 6.64. The first-order valence-electron chi connectivity index (χ1n) is 6.79. The Morgan fingerprint density at radius 2 is 2.32 bits per heavy atom. The highest BCUT2D eigenvalue weighted by Gasteiger charge is 2.35. The predicted octanol–water partition coefficient (Wildman–Crippen LogP) is 0.784. The quantitative estimate of drug-likeness (QED) is 0.806. The second-order valence-corrected chi connectivity index (χ2v) is 5.86. The lowest BCUT2D eigenvalue weighted by Gasteiger charge is -2.43. The minimum Gasteiger partial charge on any atom is -0.389 e. The molecule has 2 N–H and O–H groups in total. The third-order valence-corrected chi connectivity index (χ3v) is 4.40. The van der Waals surface area contributed by atoms with Crippen LogP contribution in [-0.4, -0.2) is 51.8 Å². The van der Waals surface area contributed by atoms with Crippen LogP contribution in [0.2, 0.25) is 0 Å². The van der Waals surface area contributed by atoms with Gasteiger partial charge in [0.2, 0.25) is 0 Å². The van der Waals surface area contributed by atoms with E-state index in [9.17, 15) is 0 Å². The smallest absolute Gasteiger partial charge is 0.161 e. The van der Waals surface area contributed by atoms with Gasteiger partial charge in [-0.2, -0.15) is 5.10 Å². The van der Waals surface area contributed by atoms with Gasteiger partial charge in [-0.3, -0.25) is 4.90 Å². The summed E-state index contributed by atoms with van der Waals surface area (Å²) in [5, 5.41) is 8.28. The molecule has 1 aromatic heterocycles. The number of fused-ring (bicyclic) bond motifs is 1. The molecule has 2 aliphatic rings. The van der Waals surface area contributed by atoms with Crippen molar-refractivity contribution in [3.05, 3.63) is 17.8 Å². The number of hydrogen-bond acceptors (Lipinski definition) is 5. The Balaban J connectivity index is 1.91. The molecule has 0 amide bonds. The lowest BCUT2D eigenvalue weighted by Crippen LogP contribution is -2.55. The van der Waals surface area contributed by atoms with E-state index in [4.69, 9.17) is 18.0 Å². The number of nitrogens with two attached hydrogens (primary N) is 1. The lowest BCUT2D eigenvalue weighted by molar-refractivity contribution is 0.202. The number of rotatable bonds is 2. The molecule has 3 heterocycles. The molecule has 0 aliphatic carbocycles. The van der Waals surface area contributed by atoms with Gasteiger partial charge in [-0.25, -0.2) is 0 Å². The van der Waals surface area contributed by atoms with Gasteiger partial charge in [-0.1, -0.05) is 12.2 Å². The Hall–Kier alpha value is -1.27. The molecule has 3 rings (SSSR count). The van der Waals surface area contributed by atoms with Crippen LogP contribution in [0.1, 0.15) is 25.3 Å². The summed E-state index contributed by atoms with van der Waals surface area (Å²) in [5.74, 6) is 0.842. The zero-order valence-electron chi connectivity index (χ0n) is 11.1. The lowest BCUT2D eigenvalue weighted by atomic mass is 10.1. The van der Waals surface area contributed by atoms with Crippen LogP contribution in [0.3, 0.4) is 0 Å². The number of aromatic nitrogens is 2. The molecule has 2 fully saturated rings. The van der Waals surface area contributed by atoms with Gasteiger partial charge in [-0.05, 0) is 32.4 Å². The second kappa shape index (κ2) is 5.02. The van der Waals surface area contributed by atoms with Gasteiger partial charge in [0.05, 0.1) is 11.8 Å². The first-order valence-corrected chi connectivity index (χ1v) is 7.20. The summed E-state index contributed by atoms with van der Waals surface area (Å²) in [4.78, 5) is 5.29. The summed E-state index contributed by atoms with van der Waals surface area (Å²) in [6.45, 7) is 5.53. The molecule has 5 nitrogen and oxygen atoms in total. The molecule has 102 valence electrons. The normalized spacial score (nSPS) is 27.3. The molecular formula is C13H19N5S. The van der Waals surface area contributed by atoms with Crippen LogP contribution >= 0.6 is 12.2 Å². The van der Waals surface area contributed by atoms with Crippen molar-refractivity contribution in [3.8, 4) is 0 Å². The Labute approximate surface area is 118 Å². The molecule has 0 saturated carbocycles. The minimum absolute atomic E-state index is 0.394. The highest BCUT2D eigenvalue weighted by molar-refractivity contribution is 7.80. The molecule has 2 saturated heterocycles. The molecule has 2 aliphatic heterocycles. The molecule has 0 radical (unpaired) electrons. The van der Waals surface area contributed by atoms with Crippen molar-refractivity contribution >= 4 is 23.0 Å². The summed E-state index contributed by atoms with van der Waals surface area (Å²) in [6, 6.07) is 2.91. The van der Waals surface area contributed by atoms with Crippen molar-refractivity contribution in [2.75, 3.05) is 24.5 Å². The van der Waals surface area contributed by atoms with E-state index in [1.807, 2.05) is 6.07 Å². The third-order valence-electron chi connectivity index (χ3n) is 4.18. The monoisotopic (exact) mass is 277 g/mol. The first-order chi connectivity index (χ1) is 9.16. The standard InChI is InChI=1S/C13H19N5S/c1-9-7-17-6-2-3-10(17)8-18(9)13-11(12(14)19)4-5-15-16-13/h4-5,9-10H,2-3,6-8H2,1H3,(H2,14,19). The van der Waals surface area contributed by atoms with E-state index in [1.165, 1.54) is 19.4 Å². The highest BCUT2D eigenvalue weighted by Crippen LogP contribution is 2.28. The molecule has 0 bridgehead atoms. The summed E-state index contributed by atoms with van der Waals surface area (Å²) >= 11 is 5.12. The Kier molecular flexibility index (Phi) is 3.36. The van der Waals surface area contributed by atoms with Crippen molar-refractivity contribution in [3.63, 3.8) is 0 Å². The van der Waals surface area contributed by atoms with E-state index in [0.29, 0.717) is 17.1 Å². The fourth-order valence-corrected chi connectivity index (χ4v) is 3.37. The number of thiocarbonyl (C=S) groups is 1. The van der Waals surface area contributed by atoms with Gasteiger partial charge < -0.3 is 10.6 Å². The van der Waals surface area contributed by atoms with Crippen molar-refractivity contribution in [1.82, 2.24) is 15.1 Å². The average Bonchev–Trinajstić information content (AvgIpc) is 2.84. The molecule has 19 heavy (non-hydrogen) atoms. The number of hydrogen-bond donors (Lipinski definition) is 1. The van der Waals surface area contributed by atoms with Crippen molar-refractivity contribution in [1.29, 1.82) is 0 Å². The van der Waals surface area contributed by atoms with Gasteiger partial charge in [0.1, 0.15) is 4.99 Å². The first kappa shape index (κ1) is 12.7. The van der Waals surface area contributed by atoms with Gasteiger partial charge in [-0.15, -0.1) is 5.10 Å². The van der Waals surface area contributed by atoms with Crippen LogP contribution in [0, 0.1) is 0 Å². The van der Waals surface area contributed by atoms with E-state index >= 15 is 0 Å². The van der Waals surface area contributed by atoms with Crippen molar-refractivity contribution < 1.29 is 0 Å². The van der Waals surface area contributed by atoms with Gasteiger partial charge in [0, 0.05) is 25.2 Å². The van der Waals surface area contributed by atoms with E-state index in [1.54, 1.807) is 6.20 Å². The second-order valence-electron chi connectivity index (χ2n) is 5.43. The molecule has 6 heteroatoms. The average molecular weight is 277 g/mol. The zero-order valence-corrected chi connectivity index (χ0v) is 11.9. The maximum atomic E-state index is 5.80. The van der Waals surface area contributed by atoms with E-state index < -0.39 is 0 Å². The topological polar surface area (TPSA) is 58.3 Å². The SMILES string of the molecule is CC1CN2CCCC2CN1c1nnccc1C(N)=S. The van der Waals surface area contributed by atoms with Crippen molar-refractivity contribution in [2.24, 2.45) is 5.73 Å². The minimum atomic E-state index is 0.394. The highest BCUT2D eigenvalue weighted by atomic mass is 32.1. The Bertz CT molecular complexity index is 492. The van der Waals surface area contributed by atoms with Crippen LogP contribution in [-0.2, 0) is 0 Å². The van der Waals surface area contributed by atoms with Crippen LogP contribution < -0.4 is 10.6 Å². The molecule has 2 atom stereocenters. The van der Waals surface area contributed by atoms with Crippen molar-refractivity contribution in [2.45, 2.75) is 31.8 Å². The van der Waals surface area contributed by atoms with Gasteiger partial charge >= 0.3 is 0 Å². The summed E-state index contributed by atoms with van der Waals surface area (Å²) in [6.07, 6.45) is 4.22. The largest absolute Gasteiger partial charge is 0.389 e. The van der Waals surface area contributed by atoms with E-state index in [2.05, 4.69) is 26.9 Å². The van der Waals surface area contributed by atoms with E-state index in [-0.39, 0.29) is 0 Å². The Morgan fingerprint density at radius 3 is 3.11 bits per heavy atom.